The van der Waals surface area contributed by atoms with Crippen LogP contribution in [0.1, 0.15) is 17.9 Å². The number of benzene rings is 2. The summed E-state index contributed by atoms with van der Waals surface area (Å²) in [5.74, 6) is 0.0636. The van der Waals surface area contributed by atoms with Gasteiger partial charge in [0.1, 0.15) is 5.82 Å². The monoisotopic (exact) mass is 411 g/mol. The molecule has 1 N–H and O–H groups in total. The van der Waals surface area contributed by atoms with Gasteiger partial charge >= 0.3 is 0 Å². The maximum atomic E-state index is 13.2. The highest BCUT2D eigenvalue weighted by atomic mass is 32.2. The number of methoxy groups -OCH3 is 1. The van der Waals surface area contributed by atoms with E-state index in [-0.39, 0.29) is 23.9 Å². The molecule has 1 fully saturated rings. The Bertz CT molecular complexity index is 1030. The number of carbonyl (C=O) groups is 1. The van der Waals surface area contributed by atoms with Gasteiger partial charge in [-0.05, 0) is 42.0 Å². The summed E-state index contributed by atoms with van der Waals surface area (Å²) < 4.78 is 18.4. The highest BCUT2D eigenvalue weighted by molar-refractivity contribution is 8.03. The third-order valence-electron chi connectivity index (χ3n) is 5.09. The zero-order chi connectivity index (χ0) is 20.5. The number of anilines is 1. The van der Waals surface area contributed by atoms with Crippen molar-refractivity contribution in [2.45, 2.75) is 12.3 Å². The molecular weight excluding hydrogens is 393 g/mol. The topological polar surface area (TPSA) is 76.8 Å². The van der Waals surface area contributed by atoms with Crippen LogP contribution in [0.4, 0.5) is 10.1 Å². The average Bonchev–Trinajstić information content (AvgIpc) is 2.74. The Balaban J connectivity index is 1.66. The van der Waals surface area contributed by atoms with Crippen LogP contribution in [0.25, 0.3) is 0 Å². The smallest absolute Gasteiger partial charge is 0.229 e. The fourth-order valence-corrected chi connectivity index (χ4v) is 4.74. The second-order valence-electron chi connectivity index (χ2n) is 6.77. The van der Waals surface area contributed by atoms with E-state index in [9.17, 15) is 19.6 Å². The van der Waals surface area contributed by atoms with Gasteiger partial charge < -0.3 is 14.7 Å². The Labute approximate surface area is 171 Å². The van der Waals surface area contributed by atoms with Crippen LogP contribution in [0.15, 0.2) is 53.1 Å². The molecule has 6 nitrogen and oxygen atoms in total. The Morgan fingerprint density at radius 3 is 2.72 bits per heavy atom. The van der Waals surface area contributed by atoms with Crippen LogP contribution in [-0.2, 0) is 4.79 Å². The fourth-order valence-electron chi connectivity index (χ4n) is 3.57. The molecule has 2 aromatic rings. The molecule has 1 amide bonds. The minimum Gasteiger partial charge on any atom is -0.504 e. The maximum absolute atomic E-state index is 13.2. The number of halogens is 1. The third-order valence-corrected chi connectivity index (χ3v) is 6.25. The zero-order valence-corrected chi connectivity index (χ0v) is 16.4. The Kier molecular flexibility index (Phi) is 5.07. The van der Waals surface area contributed by atoms with Gasteiger partial charge in [-0.3, -0.25) is 9.69 Å². The molecular formula is C21H18FN3O3S. The Hall–Kier alpha value is -3.18. The number of nitrogens with zero attached hydrogens (tertiary/aromatic N) is 3. The van der Waals surface area contributed by atoms with Crippen molar-refractivity contribution in [1.29, 1.82) is 5.26 Å². The molecule has 1 saturated heterocycles. The van der Waals surface area contributed by atoms with E-state index in [4.69, 9.17) is 4.74 Å². The molecule has 0 aliphatic carbocycles. The van der Waals surface area contributed by atoms with Crippen molar-refractivity contribution in [2.75, 3.05) is 24.6 Å². The lowest BCUT2D eigenvalue weighted by atomic mass is 9.86. The predicted octanol–water partition coefficient (Wildman–Crippen LogP) is 3.76. The number of hydrogen-bond acceptors (Lipinski definition) is 6. The third kappa shape index (κ3) is 3.49. The minimum absolute atomic E-state index is 0.00755. The van der Waals surface area contributed by atoms with Crippen molar-refractivity contribution >= 4 is 23.4 Å². The van der Waals surface area contributed by atoms with E-state index in [0.717, 1.165) is 11.3 Å². The summed E-state index contributed by atoms with van der Waals surface area (Å²) >= 11 is 1.42. The number of fused-ring (bicyclic) bond motifs is 1. The van der Waals surface area contributed by atoms with E-state index < -0.39 is 5.92 Å². The minimum atomic E-state index is -0.391. The van der Waals surface area contributed by atoms with Gasteiger partial charge in [-0.2, -0.15) is 5.26 Å². The summed E-state index contributed by atoms with van der Waals surface area (Å²) in [6.07, 6.45) is 0.151. The first-order valence-electron chi connectivity index (χ1n) is 8.96. The summed E-state index contributed by atoms with van der Waals surface area (Å²) in [4.78, 5) is 16.5. The van der Waals surface area contributed by atoms with Gasteiger partial charge in [-0.1, -0.05) is 17.8 Å². The molecule has 2 aliphatic heterocycles. The number of hydrogen-bond donors (Lipinski definition) is 1. The summed E-state index contributed by atoms with van der Waals surface area (Å²) in [5.41, 5.74) is 2.09. The molecule has 0 spiro atoms. The van der Waals surface area contributed by atoms with Crippen LogP contribution in [0, 0.1) is 17.1 Å². The van der Waals surface area contributed by atoms with Crippen molar-refractivity contribution in [3.63, 3.8) is 0 Å². The summed E-state index contributed by atoms with van der Waals surface area (Å²) in [5, 5.41) is 20.3. The van der Waals surface area contributed by atoms with Gasteiger partial charge in [-0.25, -0.2) is 4.39 Å². The number of phenolic OH excluding ortho intramolecular Hbond substituents is 1. The molecule has 0 radical (unpaired) electrons. The van der Waals surface area contributed by atoms with E-state index in [2.05, 4.69) is 6.07 Å². The maximum Gasteiger partial charge on any atom is 0.229 e. The first-order valence-corrected chi connectivity index (χ1v) is 9.95. The number of thioether (sulfide) groups is 1. The SMILES string of the molecule is COc1cc([C@@H]2CC(=O)N3CN(c4ccc(F)cc4)CSC3=C2C#N)ccc1O. The Morgan fingerprint density at radius 2 is 2.03 bits per heavy atom. The van der Waals surface area contributed by atoms with Crippen molar-refractivity contribution in [3.8, 4) is 17.6 Å². The molecule has 2 aromatic carbocycles. The molecule has 2 aliphatic rings. The van der Waals surface area contributed by atoms with Crippen LogP contribution in [0.3, 0.4) is 0 Å². The summed E-state index contributed by atoms with van der Waals surface area (Å²) in [6, 6.07) is 13.3. The van der Waals surface area contributed by atoms with E-state index in [0.29, 0.717) is 28.9 Å². The molecule has 148 valence electrons. The second-order valence-corrected chi connectivity index (χ2v) is 7.71. The Morgan fingerprint density at radius 1 is 1.28 bits per heavy atom. The molecule has 0 bridgehead atoms. The van der Waals surface area contributed by atoms with Crippen molar-refractivity contribution in [3.05, 3.63) is 64.4 Å². The number of rotatable bonds is 3. The van der Waals surface area contributed by atoms with Gasteiger partial charge in [0.15, 0.2) is 11.5 Å². The molecule has 4 rings (SSSR count). The van der Waals surface area contributed by atoms with Crippen molar-refractivity contribution < 1.29 is 19.0 Å². The normalized spacial score (nSPS) is 19.1. The lowest BCUT2D eigenvalue weighted by molar-refractivity contribution is -0.129. The van der Waals surface area contributed by atoms with E-state index in [1.807, 2.05) is 4.90 Å². The van der Waals surface area contributed by atoms with Crippen molar-refractivity contribution in [2.24, 2.45) is 0 Å². The van der Waals surface area contributed by atoms with Crippen LogP contribution in [-0.4, -0.2) is 35.6 Å². The van der Waals surface area contributed by atoms with Crippen LogP contribution in [0.2, 0.25) is 0 Å². The molecule has 8 heteroatoms. The van der Waals surface area contributed by atoms with E-state index in [1.165, 1.54) is 37.1 Å². The van der Waals surface area contributed by atoms with Crippen LogP contribution < -0.4 is 9.64 Å². The number of aromatic hydroxyl groups is 1. The summed E-state index contributed by atoms with van der Waals surface area (Å²) in [7, 11) is 1.46. The highest BCUT2D eigenvalue weighted by Gasteiger charge is 2.38. The van der Waals surface area contributed by atoms with E-state index >= 15 is 0 Å². The number of ether oxygens (including phenoxy) is 1. The van der Waals surface area contributed by atoms with Gasteiger partial charge in [0.25, 0.3) is 0 Å². The van der Waals surface area contributed by atoms with Crippen LogP contribution >= 0.6 is 11.8 Å². The van der Waals surface area contributed by atoms with Gasteiger partial charge in [0.2, 0.25) is 5.91 Å². The summed E-state index contributed by atoms with van der Waals surface area (Å²) in [6.45, 7) is 0.309. The van der Waals surface area contributed by atoms with Crippen molar-refractivity contribution in [1.82, 2.24) is 4.90 Å². The number of nitriles is 1. The van der Waals surface area contributed by atoms with E-state index in [1.54, 1.807) is 29.2 Å². The standard InChI is InChI=1S/C21H18FN3O3S/c1-28-19-8-13(2-7-18(19)26)16-9-20(27)25-11-24(12-29-21(25)17(16)10-23)15-5-3-14(22)4-6-15/h2-8,16,26H,9,11-12H2,1H3/t16-/m0/s1. The first kappa shape index (κ1) is 19.2. The molecule has 0 unspecified atom stereocenters. The number of phenols is 1. The molecule has 0 aromatic heterocycles. The lowest BCUT2D eigenvalue weighted by Gasteiger charge is -2.42. The molecule has 0 saturated carbocycles. The van der Waals surface area contributed by atoms with Crippen LogP contribution in [0.5, 0.6) is 11.5 Å². The quantitative estimate of drug-likeness (QED) is 0.829. The first-order chi connectivity index (χ1) is 14.0. The average molecular weight is 411 g/mol. The zero-order valence-electron chi connectivity index (χ0n) is 15.6. The largest absolute Gasteiger partial charge is 0.504 e. The molecule has 29 heavy (non-hydrogen) atoms. The predicted molar refractivity (Wildman–Crippen MR) is 108 cm³/mol. The highest BCUT2D eigenvalue weighted by Crippen LogP contribution is 2.44. The molecule has 2 heterocycles. The fraction of sp³-hybridized carbons (Fsp3) is 0.238. The van der Waals surface area contributed by atoms with Gasteiger partial charge in [-0.15, -0.1) is 0 Å². The second kappa shape index (κ2) is 7.68. The number of allylic oxidation sites excluding steroid dienone is 1. The number of amides is 1. The van der Waals surface area contributed by atoms with Gasteiger partial charge in [0, 0.05) is 18.0 Å². The lowest BCUT2D eigenvalue weighted by Crippen LogP contribution is -2.47. The number of carbonyl (C=O) groups excluding carboxylic acids is 1. The van der Waals surface area contributed by atoms with Gasteiger partial charge in [0.05, 0.1) is 36.3 Å². The molecule has 1 atom stereocenters.